The molecule has 0 radical (unpaired) electrons. The Bertz CT molecular complexity index is 1020. The van der Waals surface area contributed by atoms with Gasteiger partial charge in [-0.15, -0.1) is 0 Å². The average molecular weight is 485 g/mol. The van der Waals surface area contributed by atoms with Gasteiger partial charge in [-0.05, 0) is 24.1 Å². The number of carbonyl (C=O) groups excluding carboxylic acids is 3. The molecule has 0 saturated carbocycles. The molecule has 2 atom stereocenters. The van der Waals surface area contributed by atoms with Crippen LogP contribution in [0.5, 0.6) is 0 Å². The number of anilines is 1. The number of ether oxygens (including phenoxy) is 2. The van der Waals surface area contributed by atoms with E-state index in [1.54, 1.807) is 13.0 Å². The van der Waals surface area contributed by atoms with E-state index in [9.17, 15) is 27.9 Å². The summed E-state index contributed by atoms with van der Waals surface area (Å²) in [4.78, 5) is 39.9. The Morgan fingerprint density at radius 1 is 1.27 bits per heavy atom. The monoisotopic (exact) mass is 484 g/mol. The van der Waals surface area contributed by atoms with Gasteiger partial charge in [0.25, 0.3) is 11.8 Å². The third-order valence-corrected chi connectivity index (χ3v) is 7.06. The van der Waals surface area contributed by atoms with Crippen molar-refractivity contribution in [2.75, 3.05) is 51.0 Å². The minimum absolute atomic E-state index is 0.0517. The first-order valence-electron chi connectivity index (χ1n) is 10.5. The number of nitrogens with zero attached hydrogens (tertiary/aromatic N) is 2. The van der Waals surface area contributed by atoms with E-state index in [0.29, 0.717) is 17.9 Å². The molecule has 33 heavy (non-hydrogen) atoms. The topological polar surface area (TPSA) is 169 Å². The summed E-state index contributed by atoms with van der Waals surface area (Å²) in [5.74, 6) is -2.35. The molecule has 0 aliphatic carbocycles. The van der Waals surface area contributed by atoms with Crippen LogP contribution in [-0.4, -0.2) is 94.4 Å². The molecule has 13 heteroatoms. The molecular weight excluding hydrogens is 456 g/mol. The van der Waals surface area contributed by atoms with Crippen molar-refractivity contribution in [3.63, 3.8) is 0 Å². The molecule has 3 amide bonds. The predicted octanol–water partition coefficient (Wildman–Crippen LogP) is -2.04. The summed E-state index contributed by atoms with van der Waals surface area (Å²) in [5, 5.41) is 9.52. The van der Waals surface area contributed by atoms with E-state index < -0.39 is 40.5 Å². The van der Waals surface area contributed by atoms with Gasteiger partial charge in [-0.2, -0.15) is 4.72 Å². The number of rotatable bonds is 8. The van der Waals surface area contributed by atoms with E-state index >= 15 is 0 Å². The third-order valence-electron chi connectivity index (χ3n) is 5.55. The van der Waals surface area contributed by atoms with Gasteiger partial charge < -0.3 is 30.1 Å². The Balaban J connectivity index is 1.93. The van der Waals surface area contributed by atoms with Crippen LogP contribution >= 0.6 is 0 Å². The highest BCUT2D eigenvalue weighted by Crippen LogP contribution is 2.29. The Morgan fingerprint density at radius 2 is 2.00 bits per heavy atom. The molecule has 1 aromatic carbocycles. The molecule has 2 aliphatic heterocycles. The number of aliphatic hydroxyl groups is 1. The maximum atomic E-state index is 13.3. The maximum absolute atomic E-state index is 13.3. The molecule has 0 aromatic heterocycles. The first-order chi connectivity index (χ1) is 15.7. The van der Waals surface area contributed by atoms with Crippen LogP contribution in [0.15, 0.2) is 23.1 Å². The zero-order chi connectivity index (χ0) is 24.2. The first kappa shape index (κ1) is 25.1. The highest BCUT2D eigenvalue weighted by atomic mass is 32.2. The van der Waals surface area contributed by atoms with Gasteiger partial charge in [0, 0.05) is 18.8 Å². The minimum atomic E-state index is -4.40. The van der Waals surface area contributed by atoms with Crippen LogP contribution in [0.25, 0.3) is 0 Å². The fraction of sp³-hybridized carbons (Fsp3) is 0.550. The van der Waals surface area contributed by atoms with Gasteiger partial charge in [-0.25, -0.2) is 8.42 Å². The summed E-state index contributed by atoms with van der Waals surface area (Å²) in [6.45, 7) is 2.09. The molecule has 1 aromatic rings. The zero-order valence-corrected chi connectivity index (χ0v) is 19.0. The van der Waals surface area contributed by atoms with Gasteiger partial charge in [0.2, 0.25) is 15.9 Å². The second-order valence-electron chi connectivity index (χ2n) is 7.60. The Labute approximate surface area is 191 Å². The highest BCUT2D eigenvalue weighted by Gasteiger charge is 2.38. The normalized spacial score (nSPS) is 20.5. The molecule has 2 fully saturated rings. The molecular formula is C20H28N4O8S. The number of hydrogen-bond acceptors (Lipinski definition) is 8. The molecule has 0 unspecified atom stereocenters. The predicted molar refractivity (Wildman–Crippen MR) is 116 cm³/mol. The van der Waals surface area contributed by atoms with E-state index in [4.69, 9.17) is 15.2 Å². The summed E-state index contributed by atoms with van der Waals surface area (Å²) in [6.07, 6.45) is 0.266. The van der Waals surface area contributed by atoms with Crippen LogP contribution in [0.2, 0.25) is 0 Å². The smallest absolute Gasteiger partial charge is 0.253 e. The molecule has 2 saturated heterocycles. The number of amides is 3. The minimum Gasteiger partial charge on any atom is -0.394 e. The van der Waals surface area contributed by atoms with Crippen LogP contribution in [-0.2, 0) is 40.3 Å². The Morgan fingerprint density at radius 3 is 2.64 bits per heavy atom. The molecule has 4 N–H and O–H groups in total. The third kappa shape index (κ3) is 5.33. The van der Waals surface area contributed by atoms with Crippen molar-refractivity contribution in [3.8, 4) is 0 Å². The summed E-state index contributed by atoms with van der Waals surface area (Å²) >= 11 is 0. The van der Waals surface area contributed by atoms with E-state index in [1.165, 1.54) is 21.9 Å². The summed E-state index contributed by atoms with van der Waals surface area (Å²) in [5.41, 5.74) is 6.16. The number of morpholine rings is 2. The largest absolute Gasteiger partial charge is 0.394 e. The number of sulfonamides is 1. The van der Waals surface area contributed by atoms with Gasteiger partial charge >= 0.3 is 0 Å². The van der Waals surface area contributed by atoms with Crippen LogP contribution in [0.3, 0.4) is 0 Å². The van der Waals surface area contributed by atoms with Gasteiger partial charge in [0.15, 0.2) is 6.04 Å². The standard InChI is InChI=1S/C20H28N4O8S/c1-2-14-15(24-7-9-32-12-17(24)26)4-3-5-16(14)33(29,30)22-18(19(21)27)20(28)23-6-8-31-11-13(23)10-25/h3-5,13,18,22,25H,2,6-12H2,1H3,(H2,21,27)/t13-,18+/m1/s1. The van der Waals surface area contributed by atoms with E-state index in [1.807, 2.05) is 0 Å². The van der Waals surface area contributed by atoms with Crippen molar-refractivity contribution >= 4 is 33.4 Å². The van der Waals surface area contributed by atoms with E-state index in [-0.39, 0.29) is 50.1 Å². The van der Waals surface area contributed by atoms with E-state index in [2.05, 4.69) is 4.72 Å². The van der Waals surface area contributed by atoms with Crippen LogP contribution in [0, 0.1) is 0 Å². The number of nitrogens with one attached hydrogen (secondary N) is 1. The Hall–Kier alpha value is -2.58. The molecule has 3 rings (SSSR count). The average Bonchev–Trinajstić information content (AvgIpc) is 2.81. The Kier molecular flexibility index (Phi) is 8.02. The summed E-state index contributed by atoms with van der Waals surface area (Å²) in [6, 6.07) is 1.86. The van der Waals surface area contributed by atoms with Gasteiger partial charge in [-0.3, -0.25) is 14.4 Å². The lowest BCUT2D eigenvalue weighted by atomic mass is 10.1. The highest BCUT2D eigenvalue weighted by molar-refractivity contribution is 7.89. The first-order valence-corrected chi connectivity index (χ1v) is 12.0. The van der Waals surface area contributed by atoms with Crippen molar-refractivity contribution in [1.29, 1.82) is 0 Å². The van der Waals surface area contributed by atoms with Crippen molar-refractivity contribution in [2.24, 2.45) is 5.73 Å². The van der Waals surface area contributed by atoms with Crippen LogP contribution in [0.1, 0.15) is 12.5 Å². The van der Waals surface area contributed by atoms with Crippen molar-refractivity contribution in [1.82, 2.24) is 9.62 Å². The molecule has 2 heterocycles. The molecule has 2 aliphatic rings. The molecule has 0 spiro atoms. The summed E-state index contributed by atoms with van der Waals surface area (Å²) in [7, 11) is -4.40. The zero-order valence-electron chi connectivity index (χ0n) is 18.2. The quantitative estimate of drug-likeness (QED) is 0.355. The second-order valence-corrected chi connectivity index (χ2v) is 9.29. The number of primary amides is 1. The lowest BCUT2D eigenvalue weighted by Crippen LogP contribution is -2.60. The van der Waals surface area contributed by atoms with Crippen LogP contribution < -0.4 is 15.4 Å². The van der Waals surface area contributed by atoms with Crippen LogP contribution in [0.4, 0.5) is 5.69 Å². The number of carbonyl (C=O) groups is 3. The lowest BCUT2D eigenvalue weighted by Gasteiger charge is -2.36. The summed E-state index contributed by atoms with van der Waals surface area (Å²) < 4.78 is 39.1. The lowest BCUT2D eigenvalue weighted by molar-refractivity contribution is -0.146. The molecule has 12 nitrogen and oxygen atoms in total. The van der Waals surface area contributed by atoms with Gasteiger partial charge in [0.05, 0.1) is 37.4 Å². The fourth-order valence-electron chi connectivity index (χ4n) is 3.90. The van der Waals surface area contributed by atoms with Gasteiger partial charge in [0.1, 0.15) is 6.61 Å². The molecule has 0 bridgehead atoms. The molecule has 182 valence electrons. The van der Waals surface area contributed by atoms with Crippen molar-refractivity contribution in [2.45, 2.75) is 30.3 Å². The number of benzene rings is 1. The fourth-order valence-corrected chi connectivity index (χ4v) is 5.38. The number of hydrogen-bond donors (Lipinski definition) is 3. The van der Waals surface area contributed by atoms with Crippen molar-refractivity contribution < 1.29 is 37.4 Å². The SMILES string of the molecule is CCc1c(N2CCOCC2=O)cccc1S(=O)(=O)N[C@@H](C(N)=O)C(=O)N1CCOC[C@H]1CO. The maximum Gasteiger partial charge on any atom is 0.253 e. The van der Waals surface area contributed by atoms with E-state index in [0.717, 1.165) is 0 Å². The number of aliphatic hydroxyl groups excluding tert-OH is 1. The number of nitrogens with two attached hydrogens (primary N) is 1. The second kappa shape index (κ2) is 10.6. The van der Waals surface area contributed by atoms with Crippen molar-refractivity contribution in [3.05, 3.63) is 23.8 Å². The van der Waals surface area contributed by atoms with Gasteiger partial charge in [-0.1, -0.05) is 13.0 Å².